The number of thiazole rings is 1. The molecule has 0 bridgehead atoms. The van der Waals surface area contributed by atoms with Gasteiger partial charge in [0.2, 0.25) is 10.0 Å². The highest BCUT2D eigenvalue weighted by atomic mass is 32.2. The molecule has 0 saturated heterocycles. The number of anilines is 1. The molecule has 0 aliphatic heterocycles. The van der Waals surface area contributed by atoms with Crippen LogP contribution in [-0.2, 0) is 10.0 Å². The summed E-state index contributed by atoms with van der Waals surface area (Å²) in [4.78, 5) is 9.46. The lowest BCUT2D eigenvalue weighted by Crippen LogP contribution is -2.27. The van der Waals surface area contributed by atoms with Gasteiger partial charge in [0, 0.05) is 24.2 Å². The maximum Gasteiger partial charge on any atom is 0.241 e. The van der Waals surface area contributed by atoms with Crippen molar-refractivity contribution in [3.05, 3.63) is 33.9 Å². The second kappa shape index (κ2) is 6.08. The van der Waals surface area contributed by atoms with Crippen molar-refractivity contribution in [3.8, 4) is 0 Å². The first-order valence-electron chi connectivity index (χ1n) is 6.43. The molecule has 0 saturated carbocycles. The summed E-state index contributed by atoms with van der Waals surface area (Å²) in [5.74, 6) is 0.510. The van der Waals surface area contributed by atoms with E-state index in [9.17, 15) is 8.42 Å². The highest BCUT2D eigenvalue weighted by molar-refractivity contribution is 7.89. The number of aromatic nitrogens is 2. The Morgan fingerprint density at radius 2 is 2.05 bits per heavy atom. The molecule has 21 heavy (non-hydrogen) atoms. The lowest BCUT2D eigenvalue weighted by atomic mass is 10.2. The van der Waals surface area contributed by atoms with E-state index < -0.39 is 10.0 Å². The molecule has 8 heteroatoms. The molecule has 0 amide bonds. The number of aryl methyl sites for hydroxylation is 2. The first-order chi connectivity index (χ1) is 9.83. The van der Waals surface area contributed by atoms with E-state index in [-0.39, 0.29) is 10.9 Å². The van der Waals surface area contributed by atoms with Crippen molar-refractivity contribution in [2.45, 2.75) is 31.7 Å². The second-order valence-electron chi connectivity index (χ2n) is 4.65. The topological polar surface area (TPSA) is 84.0 Å². The molecule has 0 aromatic carbocycles. The molecule has 0 radical (unpaired) electrons. The molecule has 2 aromatic rings. The molecule has 0 aliphatic carbocycles. The van der Waals surface area contributed by atoms with Crippen LogP contribution in [0, 0.1) is 13.8 Å². The summed E-state index contributed by atoms with van der Waals surface area (Å²) in [5, 5.41) is 3.75. The maximum atomic E-state index is 12.4. The van der Waals surface area contributed by atoms with E-state index in [0.29, 0.717) is 5.82 Å². The van der Waals surface area contributed by atoms with Gasteiger partial charge >= 0.3 is 0 Å². The van der Waals surface area contributed by atoms with Crippen LogP contribution < -0.4 is 10.0 Å². The van der Waals surface area contributed by atoms with Crippen molar-refractivity contribution in [2.75, 3.05) is 12.4 Å². The van der Waals surface area contributed by atoms with Crippen LogP contribution in [0.3, 0.4) is 0 Å². The maximum absolute atomic E-state index is 12.4. The van der Waals surface area contributed by atoms with Gasteiger partial charge in [0.25, 0.3) is 0 Å². The summed E-state index contributed by atoms with van der Waals surface area (Å²) < 4.78 is 27.5. The van der Waals surface area contributed by atoms with Gasteiger partial charge < -0.3 is 5.32 Å². The lowest BCUT2D eigenvalue weighted by molar-refractivity contribution is 0.568. The Labute approximate surface area is 128 Å². The first-order valence-corrected chi connectivity index (χ1v) is 8.73. The van der Waals surface area contributed by atoms with Crippen LogP contribution in [0.4, 0.5) is 5.82 Å². The number of nitrogens with zero attached hydrogens (tertiary/aromatic N) is 2. The third-order valence-electron chi connectivity index (χ3n) is 2.96. The predicted molar refractivity (Wildman–Crippen MR) is 84.1 cm³/mol. The number of rotatable bonds is 5. The van der Waals surface area contributed by atoms with Gasteiger partial charge in [-0.15, -0.1) is 11.3 Å². The van der Waals surface area contributed by atoms with Gasteiger partial charge in [-0.05, 0) is 26.8 Å². The van der Waals surface area contributed by atoms with E-state index in [0.717, 1.165) is 15.6 Å². The normalized spacial score (nSPS) is 13.1. The van der Waals surface area contributed by atoms with Gasteiger partial charge in [-0.1, -0.05) is 0 Å². The minimum absolute atomic E-state index is 0.188. The summed E-state index contributed by atoms with van der Waals surface area (Å²) in [6.07, 6.45) is 1.47. The Kier molecular flexibility index (Phi) is 4.60. The zero-order valence-electron chi connectivity index (χ0n) is 12.3. The van der Waals surface area contributed by atoms with E-state index >= 15 is 0 Å². The van der Waals surface area contributed by atoms with Gasteiger partial charge in [0.05, 0.1) is 21.6 Å². The number of hydrogen-bond acceptors (Lipinski definition) is 6. The monoisotopic (exact) mass is 326 g/mol. The largest absolute Gasteiger partial charge is 0.373 e. The summed E-state index contributed by atoms with van der Waals surface area (Å²) in [5.41, 5.74) is 0.860. The van der Waals surface area contributed by atoms with E-state index in [1.54, 1.807) is 7.05 Å². The van der Waals surface area contributed by atoms with Crippen LogP contribution in [0.25, 0.3) is 0 Å². The van der Waals surface area contributed by atoms with Crippen LogP contribution >= 0.6 is 11.3 Å². The summed E-state index contributed by atoms with van der Waals surface area (Å²) in [6.45, 7) is 5.61. The minimum Gasteiger partial charge on any atom is -0.373 e. The van der Waals surface area contributed by atoms with E-state index in [1.165, 1.54) is 29.7 Å². The van der Waals surface area contributed by atoms with Crippen LogP contribution in [0.2, 0.25) is 0 Å². The molecule has 2 heterocycles. The van der Waals surface area contributed by atoms with Gasteiger partial charge in [0.1, 0.15) is 5.82 Å². The molecular formula is C13H18N4O2S2. The number of hydrogen-bond donors (Lipinski definition) is 2. The number of pyridine rings is 1. The summed E-state index contributed by atoms with van der Waals surface area (Å²) in [7, 11) is -1.91. The van der Waals surface area contributed by atoms with Gasteiger partial charge in [-0.25, -0.2) is 23.1 Å². The minimum atomic E-state index is -3.60. The fourth-order valence-corrected chi connectivity index (χ4v) is 4.25. The SMILES string of the molecule is CNc1cc(S(=O)(=O)NC(C)c2sc(C)nc2C)ccn1. The Bertz CT molecular complexity index is 740. The van der Waals surface area contributed by atoms with E-state index in [2.05, 4.69) is 20.0 Å². The summed E-state index contributed by atoms with van der Waals surface area (Å²) >= 11 is 1.50. The zero-order chi connectivity index (χ0) is 15.6. The van der Waals surface area contributed by atoms with E-state index in [4.69, 9.17) is 0 Å². The molecule has 1 unspecified atom stereocenters. The van der Waals surface area contributed by atoms with Gasteiger partial charge in [-0.2, -0.15) is 0 Å². The molecule has 114 valence electrons. The highest BCUT2D eigenvalue weighted by Crippen LogP contribution is 2.26. The van der Waals surface area contributed by atoms with Crippen LogP contribution in [0.15, 0.2) is 23.2 Å². The number of nitrogens with one attached hydrogen (secondary N) is 2. The third kappa shape index (κ3) is 3.58. The Hall–Kier alpha value is -1.51. The molecule has 0 aliphatic rings. The van der Waals surface area contributed by atoms with Crippen LogP contribution in [0.5, 0.6) is 0 Å². The van der Waals surface area contributed by atoms with Crippen molar-refractivity contribution in [3.63, 3.8) is 0 Å². The molecule has 2 rings (SSSR count). The Morgan fingerprint density at radius 3 is 2.62 bits per heavy atom. The van der Waals surface area contributed by atoms with Crippen LogP contribution in [-0.4, -0.2) is 25.4 Å². The van der Waals surface area contributed by atoms with Gasteiger partial charge in [0.15, 0.2) is 0 Å². The average Bonchev–Trinajstić information content (AvgIpc) is 2.77. The molecule has 0 spiro atoms. The molecule has 0 fully saturated rings. The van der Waals surface area contributed by atoms with Crippen molar-refractivity contribution in [1.29, 1.82) is 0 Å². The third-order valence-corrected chi connectivity index (χ3v) is 5.76. The van der Waals surface area contributed by atoms with Crippen molar-refractivity contribution < 1.29 is 8.42 Å². The molecule has 1 atom stereocenters. The highest BCUT2D eigenvalue weighted by Gasteiger charge is 2.21. The molecule has 2 N–H and O–H groups in total. The predicted octanol–water partition coefficient (Wildman–Crippen LogP) is 2.24. The second-order valence-corrected chi connectivity index (χ2v) is 7.60. The zero-order valence-corrected chi connectivity index (χ0v) is 14.0. The van der Waals surface area contributed by atoms with Gasteiger partial charge in [-0.3, -0.25) is 0 Å². The van der Waals surface area contributed by atoms with Crippen molar-refractivity contribution in [1.82, 2.24) is 14.7 Å². The smallest absolute Gasteiger partial charge is 0.241 e. The fraction of sp³-hybridized carbons (Fsp3) is 0.385. The van der Waals surface area contributed by atoms with Crippen molar-refractivity contribution >= 4 is 27.2 Å². The average molecular weight is 326 g/mol. The van der Waals surface area contributed by atoms with Crippen molar-refractivity contribution in [2.24, 2.45) is 0 Å². The van der Waals surface area contributed by atoms with E-state index in [1.807, 2.05) is 20.8 Å². The Balaban J connectivity index is 2.26. The first kappa shape index (κ1) is 15.9. The molecule has 2 aromatic heterocycles. The molecule has 6 nitrogen and oxygen atoms in total. The quantitative estimate of drug-likeness (QED) is 0.880. The van der Waals surface area contributed by atoms with Crippen LogP contribution in [0.1, 0.15) is 28.5 Å². The lowest BCUT2D eigenvalue weighted by Gasteiger charge is -2.13. The molecular weight excluding hydrogens is 308 g/mol. The number of sulfonamides is 1. The Morgan fingerprint density at radius 1 is 1.33 bits per heavy atom. The fourth-order valence-electron chi connectivity index (χ4n) is 2.02. The standard InChI is InChI=1S/C13H18N4O2S2/c1-8-13(20-10(3)16-8)9(2)17-21(18,19)11-5-6-15-12(7-11)14-4/h5-7,9,17H,1-4H3,(H,14,15). The summed E-state index contributed by atoms with van der Waals surface area (Å²) in [6, 6.07) is 2.65.